The quantitative estimate of drug-likeness (QED) is 0.834. The smallest absolute Gasteiger partial charge is 0.124 e. The summed E-state index contributed by atoms with van der Waals surface area (Å²) < 4.78 is 5.93. The highest BCUT2D eigenvalue weighted by molar-refractivity contribution is 5.33. The highest BCUT2D eigenvalue weighted by Gasteiger charge is 2.19. The number of para-hydroxylation sites is 1. The van der Waals surface area contributed by atoms with E-state index in [0.29, 0.717) is 0 Å². The predicted octanol–water partition coefficient (Wildman–Crippen LogP) is 3.30. The van der Waals surface area contributed by atoms with E-state index in [-0.39, 0.29) is 6.10 Å². The van der Waals surface area contributed by atoms with Crippen molar-refractivity contribution in [3.05, 3.63) is 29.8 Å². The van der Waals surface area contributed by atoms with Crippen molar-refractivity contribution in [1.82, 2.24) is 10.2 Å². The molecule has 0 amide bonds. The van der Waals surface area contributed by atoms with Gasteiger partial charge in [0.2, 0.25) is 0 Å². The van der Waals surface area contributed by atoms with Crippen molar-refractivity contribution < 1.29 is 4.74 Å². The number of benzene rings is 1. The fourth-order valence-electron chi connectivity index (χ4n) is 3.03. The van der Waals surface area contributed by atoms with E-state index in [1.54, 1.807) is 0 Å². The van der Waals surface area contributed by atoms with Gasteiger partial charge in [-0.3, -0.25) is 4.90 Å². The van der Waals surface area contributed by atoms with Crippen LogP contribution >= 0.6 is 0 Å². The fraction of sp³-hybridized carbons (Fsp3) is 0.667. The van der Waals surface area contributed by atoms with Gasteiger partial charge in [0, 0.05) is 12.1 Å². The first-order valence-corrected chi connectivity index (χ1v) is 8.30. The standard InChI is InChI=1S/C18H30N2O/c1-15(2)21-18-7-5-4-6-17(18)14-20-12-9-16(10-13-20)8-11-19-3/h4-7,15-16,19H,8-14H2,1-3H3. The Morgan fingerprint density at radius 3 is 2.62 bits per heavy atom. The van der Waals surface area contributed by atoms with Gasteiger partial charge < -0.3 is 10.1 Å². The number of nitrogens with one attached hydrogen (secondary N) is 1. The van der Waals surface area contributed by atoms with Gasteiger partial charge in [-0.1, -0.05) is 18.2 Å². The lowest BCUT2D eigenvalue weighted by atomic mass is 9.93. The molecule has 0 spiro atoms. The molecule has 3 nitrogen and oxygen atoms in total. The molecule has 0 saturated carbocycles. The maximum Gasteiger partial charge on any atom is 0.124 e. The molecule has 2 rings (SSSR count). The molecule has 1 aliphatic heterocycles. The summed E-state index contributed by atoms with van der Waals surface area (Å²) >= 11 is 0. The van der Waals surface area contributed by atoms with Gasteiger partial charge in [0.1, 0.15) is 5.75 Å². The van der Waals surface area contributed by atoms with Crippen molar-refractivity contribution in [3.8, 4) is 5.75 Å². The second-order valence-corrected chi connectivity index (χ2v) is 6.39. The Balaban J connectivity index is 1.86. The average Bonchev–Trinajstić information content (AvgIpc) is 2.48. The van der Waals surface area contributed by atoms with E-state index in [1.807, 2.05) is 7.05 Å². The van der Waals surface area contributed by atoms with Gasteiger partial charge in [-0.25, -0.2) is 0 Å². The zero-order valence-corrected chi connectivity index (χ0v) is 13.8. The molecule has 1 N–H and O–H groups in total. The third-order valence-electron chi connectivity index (χ3n) is 4.24. The van der Waals surface area contributed by atoms with Crippen molar-refractivity contribution in [2.24, 2.45) is 5.92 Å². The summed E-state index contributed by atoms with van der Waals surface area (Å²) in [5.41, 5.74) is 1.32. The molecule has 1 saturated heterocycles. The molecule has 1 fully saturated rings. The maximum atomic E-state index is 5.93. The molecule has 0 unspecified atom stereocenters. The van der Waals surface area contributed by atoms with Crippen molar-refractivity contribution in [2.75, 3.05) is 26.7 Å². The van der Waals surface area contributed by atoms with E-state index in [9.17, 15) is 0 Å². The summed E-state index contributed by atoms with van der Waals surface area (Å²) in [6, 6.07) is 8.47. The van der Waals surface area contributed by atoms with E-state index in [1.165, 1.54) is 37.9 Å². The third-order valence-corrected chi connectivity index (χ3v) is 4.24. The fourth-order valence-corrected chi connectivity index (χ4v) is 3.03. The molecule has 0 radical (unpaired) electrons. The number of nitrogens with zero attached hydrogens (tertiary/aromatic N) is 1. The maximum absolute atomic E-state index is 5.93. The number of piperidine rings is 1. The van der Waals surface area contributed by atoms with Crippen LogP contribution in [0.15, 0.2) is 24.3 Å². The summed E-state index contributed by atoms with van der Waals surface area (Å²) in [6.45, 7) is 8.76. The molecule has 1 heterocycles. The van der Waals surface area contributed by atoms with E-state index >= 15 is 0 Å². The lowest BCUT2D eigenvalue weighted by molar-refractivity contribution is 0.168. The van der Waals surface area contributed by atoms with Crippen LogP contribution in [-0.2, 0) is 6.54 Å². The Morgan fingerprint density at radius 1 is 1.24 bits per heavy atom. The van der Waals surface area contributed by atoms with E-state index < -0.39 is 0 Å². The van der Waals surface area contributed by atoms with E-state index in [2.05, 4.69) is 48.3 Å². The van der Waals surface area contributed by atoms with Crippen LogP contribution in [-0.4, -0.2) is 37.7 Å². The van der Waals surface area contributed by atoms with Gasteiger partial charge in [0.15, 0.2) is 0 Å². The zero-order valence-electron chi connectivity index (χ0n) is 13.8. The molecular weight excluding hydrogens is 260 g/mol. The SMILES string of the molecule is CNCCC1CCN(Cc2ccccc2OC(C)C)CC1. The Hall–Kier alpha value is -1.06. The molecule has 1 aromatic carbocycles. The average molecular weight is 290 g/mol. The predicted molar refractivity (Wildman–Crippen MR) is 88.8 cm³/mol. The summed E-state index contributed by atoms with van der Waals surface area (Å²) in [6.07, 6.45) is 4.21. The third kappa shape index (κ3) is 5.33. The first-order chi connectivity index (χ1) is 10.2. The number of rotatable bonds is 7. The summed E-state index contributed by atoms with van der Waals surface area (Å²) in [4.78, 5) is 2.57. The van der Waals surface area contributed by atoms with Crippen LogP contribution < -0.4 is 10.1 Å². The van der Waals surface area contributed by atoms with Crippen LogP contribution in [0.4, 0.5) is 0 Å². The second kappa shape index (κ2) is 8.40. The normalized spacial score (nSPS) is 17.3. The van der Waals surface area contributed by atoms with Crippen LogP contribution in [0.25, 0.3) is 0 Å². The van der Waals surface area contributed by atoms with Gasteiger partial charge >= 0.3 is 0 Å². The van der Waals surface area contributed by atoms with Crippen molar-refractivity contribution in [2.45, 2.75) is 45.8 Å². The van der Waals surface area contributed by atoms with E-state index in [0.717, 1.165) is 24.8 Å². The van der Waals surface area contributed by atoms with Crippen LogP contribution in [0.1, 0.15) is 38.7 Å². The van der Waals surface area contributed by atoms with Crippen molar-refractivity contribution in [1.29, 1.82) is 0 Å². The Morgan fingerprint density at radius 2 is 1.95 bits per heavy atom. The van der Waals surface area contributed by atoms with Crippen LogP contribution in [0.2, 0.25) is 0 Å². The van der Waals surface area contributed by atoms with Crippen LogP contribution in [0, 0.1) is 5.92 Å². The molecule has 1 aromatic rings. The lowest BCUT2D eigenvalue weighted by Crippen LogP contribution is -2.34. The minimum absolute atomic E-state index is 0.235. The summed E-state index contributed by atoms with van der Waals surface area (Å²) in [5.74, 6) is 1.95. The molecule has 21 heavy (non-hydrogen) atoms. The topological polar surface area (TPSA) is 24.5 Å². The molecule has 118 valence electrons. The van der Waals surface area contributed by atoms with Gasteiger partial charge in [0.25, 0.3) is 0 Å². The van der Waals surface area contributed by atoms with Crippen molar-refractivity contribution >= 4 is 0 Å². The largest absolute Gasteiger partial charge is 0.491 e. The van der Waals surface area contributed by atoms with Gasteiger partial charge in [-0.2, -0.15) is 0 Å². The minimum Gasteiger partial charge on any atom is -0.491 e. The van der Waals surface area contributed by atoms with Gasteiger partial charge in [0.05, 0.1) is 6.10 Å². The Bertz CT molecular complexity index is 411. The number of hydrogen-bond donors (Lipinski definition) is 1. The van der Waals surface area contributed by atoms with E-state index in [4.69, 9.17) is 4.74 Å². The molecule has 0 aliphatic carbocycles. The minimum atomic E-state index is 0.235. The number of likely N-dealkylation sites (tertiary alicyclic amines) is 1. The molecular formula is C18H30N2O. The second-order valence-electron chi connectivity index (χ2n) is 6.39. The zero-order chi connectivity index (χ0) is 15.1. The molecule has 0 aromatic heterocycles. The monoisotopic (exact) mass is 290 g/mol. The molecule has 1 aliphatic rings. The number of ether oxygens (including phenoxy) is 1. The summed E-state index contributed by atoms with van der Waals surface area (Å²) in [7, 11) is 2.04. The van der Waals surface area contributed by atoms with Crippen molar-refractivity contribution in [3.63, 3.8) is 0 Å². The van der Waals surface area contributed by atoms with Crippen LogP contribution in [0.5, 0.6) is 5.75 Å². The van der Waals surface area contributed by atoms with Crippen LogP contribution in [0.3, 0.4) is 0 Å². The molecule has 3 heteroatoms. The molecule has 0 atom stereocenters. The Labute approximate surface area is 129 Å². The van der Waals surface area contributed by atoms with Gasteiger partial charge in [-0.05, 0) is 71.8 Å². The lowest BCUT2D eigenvalue weighted by Gasteiger charge is -2.32. The first kappa shape index (κ1) is 16.3. The highest BCUT2D eigenvalue weighted by atomic mass is 16.5. The number of hydrogen-bond acceptors (Lipinski definition) is 3. The molecule has 0 bridgehead atoms. The highest BCUT2D eigenvalue weighted by Crippen LogP contribution is 2.25. The first-order valence-electron chi connectivity index (χ1n) is 8.30. The Kier molecular flexibility index (Phi) is 6.52. The van der Waals surface area contributed by atoms with Gasteiger partial charge in [-0.15, -0.1) is 0 Å². The summed E-state index contributed by atoms with van der Waals surface area (Å²) in [5, 5.41) is 3.26.